The van der Waals surface area contributed by atoms with Gasteiger partial charge >= 0.3 is 6.09 Å². The highest BCUT2D eigenvalue weighted by Crippen LogP contribution is 2.23. The molecule has 2 fully saturated rings. The van der Waals surface area contributed by atoms with Crippen molar-refractivity contribution in [2.45, 2.75) is 44.3 Å². The van der Waals surface area contributed by atoms with Gasteiger partial charge < -0.3 is 14.7 Å². The number of ether oxygens (including phenoxy) is 1. The Hall–Kier alpha value is -0.770. The summed E-state index contributed by atoms with van der Waals surface area (Å²) in [5, 5.41) is 9.27. The minimum Gasteiger partial charge on any atom is -0.446 e. The first-order valence-electron chi connectivity index (χ1n) is 5.39. The van der Waals surface area contributed by atoms with E-state index >= 15 is 0 Å². The van der Waals surface area contributed by atoms with Gasteiger partial charge in [0.25, 0.3) is 0 Å². The highest BCUT2D eigenvalue weighted by molar-refractivity contribution is 5.68. The molecular formula is C10H17NO3. The van der Waals surface area contributed by atoms with Gasteiger partial charge in [0.15, 0.2) is 0 Å². The normalized spacial score (nSPS) is 24.5. The molecule has 0 aromatic heterocycles. The molecule has 1 amide bonds. The summed E-state index contributed by atoms with van der Waals surface area (Å²) in [7, 11) is 0. The van der Waals surface area contributed by atoms with Gasteiger partial charge in [-0.3, -0.25) is 0 Å². The first-order chi connectivity index (χ1) is 6.75. The van der Waals surface area contributed by atoms with Crippen LogP contribution in [0.3, 0.4) is 0 Å². The van der Waals surface area contributed by atoms with E-state index in [-0.39, 0.29) is 18.3 Å². The van der Waals surface area contributed by atoms with Gasteiger partial charge in [0.1, 0.15) is 6.10 Å². The van der Waals surface area contributed by atoms with Crippen LogP contribution in [0.2, 0.25) is 0 Å². The molecule has 2 rings (SSSR count). The second-order valence-corrected chi connectivity index (χ2v) is 4.15. The first-order valence-corrected chi connectivity index (χ1v) is 5.39. The van der Waals surface area contributed by atoms with Crippen LogP contribution in [0.4, 0.5) is 4.79 Å². The summed E-state index contributed by atoms with van der Waals surface area (Å²) >= 11 is 0. The predicted molar refractivity (Wildman–Crippen MR) is 50.9 cm³/mol. The van der Waals surface area contributed by atoms with Crippen molar-refractivity contribution in [3.63, 3.8) is 0 Å². The van der Waals surface area contributed by atoms with E-state index in [1.807, 2.05) is 0 Å². The monoisotopic (exact) mass is 199 g/mol. The van der Waals surface area contributed by atoms with Crippen molar-refractivity contribution in [1.82, 2.24) is 4.90 Å². The van der Waals surface area contributed by atoms with Gasteiger partial charge in [-0.05, 0) is 32.1 Å². The van der Waals surface area contributed by atoms with Crippen molar-refractivity contribution < 1.29 is 14.6 Å². The van der Waals surface area contributed by atoms with Gasteiger partial charge in [0.05, 0.1) is 6.10 Å². The number of rotatable bonds is 1. The summed E-state index contributed by atoms with van der Waals surface area (Å²) in [5.74, 6) is 0. The zero-order valence-corrected chi connectivity index (χ0v) is 8.32. The smallest absolute Gasteiger partial charge is 0.410 e. The Kier molecular flexibility index (Phi) is 2.91. The van der Waals surface area contributed by atoms with E-state index in [0.717, 1.165) is 12.8 Å². The number of amides is 1. The molecule has 0 aromatic rings. The molecule has 1 aliphatic carbocycles. The van der Waals surface area contributed by atoms with Crippen LogP contribution in [-0.2, 0) is 4.74 Å². The molecule has 0 radical (unpaired) electrons. The van der Waals surface area contributed by atoms with Crippen molar-refractivity contribution in [3.05, 3.63) is 0 Å². The third-order valence-electron chi connectivity index (χ3n) is 3.04. The quantitative estimate of drug-likeness (QED) is 0.688. The molecule has 1 saturated heterocycles. The summed E-state index contributed by atoms with van der Waals surface area (Å²) in [5.41, 5.74) is 0. The molecule has 0 bridgehead atoms. The Morgan fingerprint density at radius 2 is 1.86 bits per heavy atom. The summed E-state index contributed by atoms with van der Waals surface area (Å²) in [6.45, 7) is 1.26. The van der Waals surface area contributed by atoms with Crippen molar-refractivity contribution in [2.24, 2.45) is 0 Å². The zero-order valence-electron chi connectivity index (χ0n) is 8.32. The van der Waals surface area contributed by atoms with Gasteiger partial charge in [0, 0.05) is 13.1 Å². The lowest BCUT2D eigenvalue weighted by molar-refractivity contribution is 0.0123. The van der Waals surface area contributed by atoms with Crippen LogP contribution in [0.1, 0.15) is 32.1 Å². The van der Waals surface area contributed by atoms with E-state index in [4.69, 9.17) is 4.74 Å². The molecule has 1 heterocycles. The second kappa shape index (κ2) is 4.17. The third kappa shape index (κ3) is 2.18. The molecule has 80 valence electrons. The number of piperidine rings is 1. The molecule has 1 saturated carbocycles. The molecule has 0 spiro atoms. The van der Waals surface area contributed by atoms with E-state index in [0.29, 0.717) is 25.9 Å². The maximum Gasteiger partial charge on any atom is 0.410 e. The molecule has 1 N–H and O–H groups in total. The van der Waals surface area contributed by atoms with Gasteiger partial charge in [-0.1, -0.05) is 0 Å². The minimum atomic E-state index is -0.234. The number of nitrogens with zero attached hydrogens (tertiary/aromatic N) is 1. The van der Waals surface area contributed by atoms with Crippen LogP contribution in [0.25, 0.3) is 0 Å². The Morgan fingerprint density at radius 3 is 2.36 bits per heavy atom. The van der Waals surface area contributed by atoms with Crippen molar-refractivity contribution in [3.8, 4) is 0 Å². The SMILES string of the molecule is O=C(OC1CCC1)N1CCC(O)CC1. The fraction of sp³-hybridized carbons (Fsp3) is 0.900. The summed E-state index contributed by atoms with van der Waals surface area (Å²) in [6.07, 6.45) is 4.30. The van der Waals surface area contributed by atoms with Crippen LogP contribution in [0.15, 0.2) is 0 Å². The number of carbonyl (C=O) groups is 1. The van der Waals surface area contributed by atoms with E-state index in [9.17, 15) is 9.90 Å². The molecule has 1 aliphatic heterocycles. The van der Waals surface area contributed by atoms with Gasteiger partial charge in [-0.25, -0.2) is 4.79 Å². The maximum absolute atomic E-state index is 11.5. The average molecular weight is 199 g/mol. The Morgan fingerprint density at radius 1 is 1.21 bits per heavy atom. The largest absolute Gasteiger partial charge is 0.446 e. The minimum absolute atomic E-state index is 0.161. The number of aliphatic hydroxyl groups is 1. The molecule has 0 atom stereocenters. The van der Waals surface area contributed by atoms with Gasteiger partial charge in [-0.15, -0.1) is 0 Å². The number of hydrogen-bond donors (Lipinski definition) is 1. The standard InChI is InChI=1S/C10H17NO3/c12-8-4-6-11(7-5-8)10(13)14-9-2-1-3-9/h8-9,12H,1-7H2. The summed E-state index contributed by atoms with van der Waals surface area (Å²) < 4.78 is 5.27. The average Bonchev–Trinajstić information content (AvgIpc) is 2.12. The Bertz CT molecular complexity index is 207. The summed E-state index contributed by atoms with van der Waals surface area (Å²) in [6, 6.07) is 0. The molecule has 4 heteroatoms. The predicted octanol–water partition coefficient (Wildman–Crippen LogP) is 1.13. The topological polar surface area (TPSA) is 49.8 Å². The molecule has 14 heavy (non-hydrogen) atoms. The fourth-order valence-corrected chi connectivity index (χ4v) is 1.75. The lowest BCUT2D eigenvalue weighted by atomic mass is 9.96. The van der Waals surface area contributed by atoms with Crippen LogP contribution in [-0.4, -0.2) is 41.4 Å². The zero-order chi connectivity index (χ0) is 9.97. The van der Waals surface area contributed by atoms with E-state index < -0.39 is 0 Å². The van der Waals surface area contributed by atoms with E-state index in [1.54, 1.807) is 4.90 Å². The highest BCUT2D eigenvalue weighted by Gasteiger charge is 2.27. The van der Waals surface area contributed by atoms with Crippen LogP contribution in [0.5, 0.6) is 0 Å². The number of aliphatic hydroxyl groups excluding tert-OH is 1. The van der Waals surface area contributed by atoms with Gasteiger partial charge in [-0.2, -0.15) is 0 Å². The molecule has 4 nitrogen and oxygen atoms in total. The second-order valence-electron chi connectivity index (χ2n) is 4.15. The lowest BCUT2D eigenvalue weighted by Gasteiger charge is -2.32. The van der Waals surface area contributed by atoms with Crippen LogP contribution >= 0.6 is 0 Å². The molecule has 0 unspecified atom stereocenters. The number of hydrogen-bond acceptors (Lipinski definition) is 3. The van der Waals surface area contributed by atoms with Gasteiger partial charge in [0.2, 0.25) is 0 Å². The number of carbonyl (C=O) groups excluding carboxylic acids is 1. The van der Waals surface area contributed by atoms with Crippen molar-refractivity contribution in [2.75, 3.05) is 13.1 Å². The lowest BCUT2D eigenvalue weighted by Crippen LogP contribution is -2.42. The Labute approximate surface area is 83.8 Å². The van der Waals surface area contributed by atoms with Crippen molar-refractivity contribution in [1.29, 1.82) is 0 Å². The Balaban J connectivity index is 1.74. The first kappa shape index (κ1) is 9.77. The molecule has 0 aromatic carbocycles. The maximum atomic E-state index is 11.5. The molecule has 2 aliphatic rings. The summed E-state index contributed by atoms with van der Waals surface area (Å²) in [4.78, 5) is 13.2. The van der Waals surface area contributed by atoms with E-state index in [1.165, 1.54) is 6.42 Å². The van der Waals surface area contributed by atoms with E-state index in [2.05, 4.69) is 0 Å². The van der Waals surface area contributed by atoms with Crippen LogP contribution < -0.4 is 0 Å². The van der Waals surface area contributed by atoms with Crippen LogP contribution in [0, 0.1) is 0 Å². The van der Waals surface area contributed by atoms with Crippen molar-refractivity contribution >= 4 is 6.09 Å². The highest BCUT2D eigenvalue weighted by atomic mass is 16.6. The fourth-order valence-electron chi connectivity index (χ4n) is 1.75. The molecular weight excluding hydrogens is 182 g/mol. The number of likely N-dealkylation sites (tertiary alicyclic amines) is 1. The third-order valence-corrected chi connectivity index (χ3v) is 3.04.